The lowest BCUT2D eigenvalue weighted by molar-refractivity contribution is -0.192. The molecule has 0 aromatic carbocycles. The van der Waals surface area contributed by atoms with E-state index in [0.717, 1.165) is 0 Å². The zero-order valence-electron chi connectivity index (χ0n) is 10.9. The smallest absolute Gasteiger partial charge is 0.403 e. The first-order valence-electron chi connectivity index (χ1n) is 5.91. The van der Waals surface area contributed by atoms with Crippen molar-refractivity contribution in [2.45, 2.75) is 26.4 Å². The van der Waals surface area contributed by atoms with E-state index in [1.807, 2.05) is 13.8 Å². The highest BCUT2D eigenvalue weighted by Gasteiger charge is 2.44. The number of hydrogen-bond acceptors (Lipinski definition) is 3. The highest BCUT2D eigenvalue weighted by Crippen LogP contribution is 2.25. The Morgan fingerprint density at radius 3 is 2.21 bits per heavy atom. The van der Waals surface area contributed by atoms with Crippen molar-refractivity contribution in [3.63, 3.8) is 0 Å². The second kappa shape index (κ2) is 7.98. The molecular formula is C11H19F3N2O3. The first-order chi connectivity index (χ1) is 8.64. The third-order valence-electron chi connectivity index (χ3n) is 2.28. The summed E-state index contributed by atoms with van der Waals surface area (Å²) in [4.78, 5) is 21.6. The zero-order valence-corrected chi connectivity index (χ0v) is 10.9. The average Bonchev–Trinajstić information content (AvgIpc) is 2.23. The van der Waals surface area contributed by atoms with Crippen LogP contribution in [0, 0.1) is 11.8 Å². The summed E-state index contributed by atoms with van der Waals surface area (Å²) in [6.07, 6.45) is -4.78. The predicted molar refractivity (Wildman–Crippen MR) is 62.5 cm³/mol. The molecule has 0 bridgehead atoms. The molecule has 0 saturated heterocycles. The Bertz CT molecular complexity index is 306. The molecule has 0 radical (unpaired) electrons. The van der Waals surface area contributed by atoms with E-state index < -0.39 is 24.6 Å². The molecule has 0 aliphatic heterocycles. The standard InChI is InChI=1S/C11H19F3N2O3/c1-7(2)5-16-9(17)3-4-15-6-8(10(18)19)11(12,13)14/h7-8,15H,3-6H2,1-2H3,(H,16,17)(H,18,19). The molecule has 0 aromatic heterocycles. The minimum atomic E-state index is -4.79. The molecule has 1 amide bonds. The fourth-order valence-electron chi connectivity index (χ4n) is 1.20. The van der Waals surface area contributed by atoms with Gasteiger partial charge in [-0.15, -0.1) is 0 Å². The average molecular weight is 284 g/mol. The molecule has 1 atom stereocenters. The number of carbonyl (C=O) groups is 2. The fraction of sp³-hybridized carbons (Fsp3) is 0.818. The molecule has 1 unspecified atom stereocenters. The van der Waals surface area contributed by atoms with Gasteiger partial charge in [0.15, 0.2) is 5.92 Å². The van der Waals surface area contributed by atoms with Crippen LogP contribution in [0.5, 0.6) is 0 Å². The Labute approximate surface area is 109 Å². The van der Waals surface area contributed by atoms with Crippen molar-refractivity contribution in [1.82, 2.24) is 10.6 Å². The van der Waals surface area contributed by atoms with E-state index in [9.17, 15) is 22.8 Å². The van der Waals surface area contributed by atoms with Crippen LogP contribution >= 0.6 is 0 Å². The number of rotatable bonds is 8. The van der Waals surface area contributed by atoms with Gasteiger partial charge in [0.25, 0.3) is 0 Å². The van der Waals surface area contributed by atoms with E-state index >= 15 is 0 Å². The van der Waals surface area contributed by atoms with Crippen LogP contribution in [-0.4, -0.2) is 42.8 Å². The molecule has 8 heteroatoms. The van der Waals surface area contributed by atoms with Gasteiger partial charge in [0.1, 0.15) is 0 Å². The van der Waals surface area contributed by atoms with E-state index in [1.165, 1.54) is 0 Å². The maximum absolute atomic E-state index is 12.3. The number of carboxylic acids is 1. The molecule has 0 aliphatic rings. The number of carboxylic acid groups (broad SMARTS) is 1. The lowest BCUT2D eigenvalue weighted by Crippen LogP contribution is -2.40. The first-order valence-corrected chi connectivity index (χ1v) is 5.91. The summed E-state index contributed by atoms with van der Waals surface area (Å²) in [5, 5.41) is 13.4. The van der Waals surface area contributed by atoms with Gasteiger partial charge in [0.05, 0.1) is 0 Å². The van der Waals surface area contributed by atoms with Crippen molar-refractivity contribution in [3.8, 4) is 0 Å². The number of nitrogens with one attached hydrogen (secondary N) is 2. The van der Waals surface area contributed by atoms with Crippen LogP contribution in [0.25, 0.3) is 0 Å². The summed E-state index contributed by atoms with van der Waals surface area (Å²) in [6.45, 7) is 3.60. The van der Waals surface area contributed by atoms with Crippen LogP contribution in [0.3, 0.4) is 0 Å². The molecular weight excluding hydrogens is 265 g/mol. The van der Waals surface area contributed by atoms with Crippen molar-refractivity contribution in [2.24, 2.45) is 11.8 Å². The summed E-state index contributed by atoms with van der Waals surface area (Å²) >= 11 is 0. The van der Waals surface area contributed by atoms with Gasteiger partial charge >= 0.3 is 12.1 Å². The number of halogens is 3. The Balaban J connectivity index is 3.90. The van der Waals surface area contributed by atoms with Gasteiger partial charge in [-0.05, 0) is 5.92 Å². The third-order valence-corrected chi connectivity index (χ3v) is 2.28. The molecule has 0 heterocycles. The second-order valence-electron chi connectivity index (χ2n) is 4.58. The lowest BCUT2D eigenvalue weighted by Gasteiger charge is -2.16. The Morgan fingerprint density at radius 1 is 1.21 bits per heavy atom. The van der Waals surface area contributed by atoms with Gasteiger partial charge in [0, 0.05) is 26.1 Å². The quantitative estimate of drug-likeness (QED) is 0.581. The van der Waals surface area contributed by atoms with E-state index in [2.05, 4.69) is 10.6 Å². The maximum atomic E-state index is 12.3. The van der Waals surface area contributed by atoms with E-state index in [1.54, 1.807) is 0 Å². The first kappa shape index (κ1) is 17.7. The molecule has 3 N–H and O–H groups in total. The summed E-state index contributed by atoms with van der Waals surface area (Å²) in [5.41, 5.74) is 0. The Hall–Kier alpha value is -1.31. The molecule has 0 aromatic rings. The third kappa shape index (κ3) is 8.41. The second-order valence-corrected chi connectivity index (χ2v) is 4.58. The van der Waals surface area contributed by atoms with Crippen molar-refractivity contribution in [3.05, 3.63) is 0 Å². The molecule has 0 fully saturated rings. The van der Waals surface area contributed by atoms with Crippen molar-refractivity contribution < 1.29 is 27.9 Å². The maximum Gasteiger partial charge on any atom is 0.403 e. The normalized spacial score (nSPS) is 13.4. The fourth-order valence-corrected chi connectivity index (χ4v) is 1.20. The van der Waals surface area contributed by atoms with Crippen LogP contribution in [0.15, 0.2) is 0 Å². The van der Waals surface area contributed by atoms with Gasteiger partial charge in [-0.3, -0.25) is 9.59 Å². The van der Waals surface area contributed by atoms with Gasteiger partial charge in [-0.1, -0.05) is 13.8 Å². The Morgan fingerprint density at radius 2 is 1.79 bits per heavy atom. The summed E-state index contributed by atoms with van der Waals surface area (Å²) in [5.74, 6) is -4.37. The van der Waals surface area contributed by atoms with Gasteiger partial charge in [-0.25, -0.2) is 0 Å². The van der Waals surface area contributed by atoms with Crippen LogP contribution in [0.4, 0.5) is 13.2 Å². The number of amides is 1. The van der Waals surface area contributed by atoms with E-state index in [0.29, 0.717) is 12.5 Å². The molecule has 112 valence electrons. The highest BCUT2D eigenvalue weighted by atomic mass is 19.4. The van der Waals surface area contributed by atoms with Crippen LogP contribution in [0.1, 0.15) is 20.3 Å². The molecule has 19 heavy (non-hydrogen) atoms. The molecule has 5 nitrogen and oxygen atoms in total. The molecule has 0 saturated carbocycles. The molecule has 0 spiro atoms. The van der Waals surface area contributed by atoms with E-state index in [-0.39, 0.29) is 18.9 Å². The minimum absolute atomic E-state index is 0.00376. The SMILES string of the molecule is CC(C)CNC(=O)CCNCC(C(=O)O)C(F)(F)F. The number of hydrogen-bond donors (Lipinski definition) is 3. The predicted octanol–water partition coefficient (Wildman–Crippen LogP) is 1.00. The van der Waals surface area contributed by atoms with Crippen molar-refractivity contribution in [2.75, 3.05) is 19.6 Å². The topological polar surface area (TPSA) is 78.4 Å². The summed E-state index contributed by atoms with van der Waals surface area (Å²) in [7, 11) is 0. The number of carbonyl (C=O) groups excluding carboxylic acids is 1. The molecule has 0 rings (SSSR count). The van der Waals surface area contributed by atoms with Gasteiger partial charge < -0.3 is 15.7 Å². The summed E-state index contributed by atoms with van der Waals surface area (Å²) in [6, 6.07) is 0. The Kier molecular flexibility index (Phi) is 7.43. The van der Waals surface area contributed by atoms with Crippen LogP contribution in [0.2, 0.25) is 0 Å². The van der Waals surface area contributed by atoms with Crippen LogP contribution in [-0.2, 0) is 9.59 Å². The summed E-state index contributed by atoms with van der Waals surface area (Å²) < 4.78 is 36.8. The monoisotopic (exact) mass is 284 g/mol. The number of aliphatic carboxylic acids is 1. The zero-order chi connectivity index (χ0) is 15.1. The number of alkyl halides is 3. The van der Waals surface area contributed by atoms with Gasteiger partial charge in [0.2, 0.25) is 5.91 Å². The lowest BCUT2D eigenvalue weighted by atomic mass is 10.1. The van der Waals surface area contributed by atoms with Crippen molar-refractivity contribution in [1.29, 1.82) is 0 Å². The highest BCUT2D eigenvalue weighted by molar-refractivity contribution is 5.76. The van der Waals surface area contributed by atoms with Gasteiger partial charge in [-0.2, -0.15) is 13.2 Å². The molecule has 0 aliphatic carbocycles. The largest absolute Gasteiger partial charge is 0.481 e. The van der Waals surface area contributed by atoms with Crippen LogP contribution < -0.4 is 10.6 Å². The van der Waals surface area contributed by atoms with Crippen molar-refractivity contribution >= 4 is 11.9 Å². The van der Waals surface area contributed by atoms with E-state index in [4.69, 9.17) is 5.11 Å². The minimum Gasteiger partial charge on any atom is -0.481 e.